The first-order valence-corrected chi connectivity index (χ1v) is 12.5. The van der Waals surface area contributed by atoms with Gasteiger partial charge in [-0.15, -0.1) is 10.2 Å². The van der Waals surface area contributed by atoms with Crippen molar-refractivity contribution in [1.82, 2.24) is 15.1 Å². The summed E-state index contributed by atoms with van der Waals surface area (Å²) in [7, 11) is 1.65. The van der Waals surface area contributed by atoms with Crippen LogP contribution >= 0.6 is 11.6 Å². The molecule has 0 aliphatic carbocycles. The van der Waals surface area contributed by atoms with Gasteiger partial charge in [0, 0.05) is 55.5 Å². The molecule has 1 amide bonds. The maximum Gasteiger partial charge on any atom is 0.227 e. The summed E-state index contributed by atoms with van der Waals surface area (Å²) < 4.78 is 5.23. The lowest BCUT2D eigenvalue weighted by Crippen LogP contribution is -2.52. The minimum Gasteiger partial charge on any atom is -0.497 e. The minimum absolute atomic E-state index is 0.00565. The molecule has 0 radical (unpaired) electrons. The highest BCUT2D eigenvalue weighted by atomic mass is 35.5. The summed E-state index contributed by atoms with van der Waals surface area (Å²) in [5.74, 6) is 1.89. The Hall–Kier alpha value is -3.32. The smallest absolute Gasteiger partial charge is 0.227 e. The van der Waals surface area contributed by atoms with E-state index in [2.05, 4.69) is 20.0 Å². The summed E-state index contributed by atoms with van der Waals surface area (Å²) in [5, 5.41) is 9.66. The summed E-state index contributed by atoms with van der Waals surface area (Å²) >= 11 is 6.02. The van der Waals surface area contributed by atoms with Crippen molar-refractivity contribution in [3.63, 3.8) is 0 Å². The van der Waals surface area contributed by atoms with Gasteiger partial charge in [0.25, 0.3) is 0 Å². The Kier molecular flexibility index (Phi) is 7.04. The van der Waals surface area contributed by atoms with Crippen molar-refractivity contribution in [2.24, 2.45) is 5.92 Å². The number of methoxy groups -OCH3 is 1. The van der Waals surface area contributed by atoms with Gasteiger partial charge in [-0.25, -0.2) is 0 Å². The normalized spacial score (nSPS) is 18.5. The third-order valence-electron chi connectivity index (χ3n) is 6.91. The first-order chi connectivity index (χ1) is 17.1. The molecule has 7 nitrogen and oxygen atoms in total. The van der Waals surface area contributed by atoms with Crippen LogP contribution in [-0.2, 0) is 4.79 Å². The van der Waals surface area contributed by atoms with Crippen molar-refractivity contribution in [3.8, 4) is 17.0 Å². The summed E-state index contributed by atoms with van der Waals surface area (Å²) in [6.45, 7) is 4.74. The second kappa shape index (κ2) is 10.5. The van der Waals surface area contributed by atoms with E-state index in [-0.39, 0.29) is 11.8 Å². The molecule has 0 bridgehead atoms. The molecule has 35 heavy (non-hydrogen) atoms. The predicted molar refractivity (Wildman–Crippen MR) is 139 cm³/mol. The van der Waals surface area contributed by atoms with Crippen molar-refractivity contribution in [3.05, 3.63) is 65.7 Å². The molecular weight excluding hydrogens is 462 g/mol. The minimum atomic E-state index is -0.00565. The Morgan fingerprint density at radius 3 is 2.29 bits per heavy atom. The number of rotatable bonds is 5. The van der Waals surface area contributed by atoms with Crippen LogP contribution in [0.3, 0.4) is 0 Å². The van der Waals surface area contributed by atoms with Crippen LogP contribution in [0.15, 0.2) is 60.7 Å². The number of anilines is 2. The first kappa shape index (κ1) is 23.4. The fraction of sp³-hybridized carbons (Fsp3) is 0.370. The second-order valence-corrected chi connectivity index (χ2v) is 9.52. The lowest BCUT2D eigenvalue weighted by Gasteiger charge is -2.40. The molecule has 2 aliphatic heterocycles. The van der Waals surface area contributed by atoms with Gasteiger partial charge in [-0.05, 0) is 73.5 Å². The maximum absolute atomic E-state index is 13.3. The number of carbonyl (C=O) groups is 1. The Bertz CT molecular complexity index is 1130. The van der Waals surface area contributed by atoms with Crippen LogP contribution in [0.5, 0.6) is 5.75 Å². The molecule has 2 aliphatic rings. The average Bonchev–Trinajstić information content (AvgIpc) is 2.93. The van der Waals surface area contributed by atoms with E-state index in [1.165, 1.54) is 0 Å². The number of hydrogen-bond acceptors (Lipinski definition) is 6. The Morgan fingerprint density at radius 2 is 1.63 bits per heavy atom. The van der Waals surface area contributed by atoms with E-state index in [0.717, 1.165) is 79.1 Å². The lowest BCUT2D eigenvalue weighted by molar-refractivity contribution is -0.136. The van der Waals surface area contributed by atoms with Crippen LogP contribution in [0.1, 0.15) is 12.8 Å². The molecular formula is C27H30ClN5O2. The van der Waals surface area contributed by atoms with Gasteiger partial charge in [0.1, 0.15) is 5.75 Å². The third-order valence-corrected chi connectivity index (χ3v) is 7.17. The van der Waals surface area contributed by atoms with E-state index >= 15 is 0 Å². The van der Waals surface area contributed by atoms with E-state index in [0.29, 0.717) is 6.54 Å². The number of piperidine rings is 1. The van der Waals surface area contributed by atoms with Gasteiger partial charge in [-0.2, -0.15) is 0 Å². The first-order valence-electron chi connectivity index (χ1n) is 12.1. The van der Waals surface area contributed by atoms with Crippen molar-refractivity contribution in [2.45, 2.75) is 12.8 Å². The van der Waals surface area contributed by atoms with Crippen LogP contribution in [0.4, 0.5) is 11.5 Å². The number of piperazine rings is 1. The predicted octanol–water partition coefficient (Wildman–Crippen LogP) is 4.37. The fourth-order valence-corrected chi connectivity index (χ4v) is 5.02. The molecule has 1 atom stereocenters. The van der Waals surface area contributed by atoms with Crippen molar-refractivity contribution in [1.29, 1.82) is 0 Å². The van der Waals surface area contributed by atoms with Crippen LogP contribution in [0.25, 0.3) is 11.3 Å². The molecule has 0 saturated carbocycles. The number of nitrogens with zero attached hydrogens (tertiary/aromatic N) is 5. The highest BCUT2D eigenvalue weighted by molar-refractivity contribution is 6.30. The zero-order chi connectivity index (χ0) is 24.2. The van der Waals surface area contributed by atoms with Gasteiger partial charge in [-0.1, -0.05) is 11.6 Å². The fourth-order valence-electron chi connectivity index (χ4n) is 4.89. The quantitative estimate of drug-likeness (QED) is 0.528. The number of amides is 1. The number of ether oxygens (including phenoxy) is 1. The van der Waals surface area contributed by atoms with Gasteiger partial charge >= 0.3 is 0 Å². The van der Waals surface area contributed by atoms with E-state index in [1.807, 2.05) is 65.6 Å². The number of benzene rings is 2. The molecule has 0 N–H and O–H groups in total. The molecule has 1 aromatic heterocycles. The molecule has 182 valence electrons. The van der Waals surface area contributed by atoms with Crippen LogP contribution in [0.2, 0.25) is 5.02 Å². The molecule has 1 unspecified atom stereocenters. The summed E-state index contributed by atoms with van der Waals surface area (Å²) in [4.78, 5) is 19.9. The van der Waals surface area contributed by atoms with E-state index in [9.17, 15) is 4.79 Å². The van der Waals surface area contributed by atoms with Crippen LogP contribution in [-0.4, -0.2) is 67.4 Å². The van der Waals surface area contributed by atoms with E-state index < -0.39 is 0 Å². The highest BCUT2D eigenvalue weighted by Gasteiger charge is 2.31. The Morgan fingerprint density at radius 1 is 0.886 bits per heavy atom. The van der Waals surface area contributed by atoms with Crippen molar-refractivity contribution < 1.29 is 9.53 Å². The largest absolute Gasteiger partial charge is 0.497 e. The van der Waals surface area contributed by atoms with E-state index in [4.69, 9.17) is 16.3 Å². The topological polar surface area (TPSA) is 61.8 Å². The van der Waals surface area contributed by atoms with Gasteiger partial charge in [0.2, 0.25) is 5.91 Å². The Balaban J connectivity index is 1.18. The third kappa shape index (κ3) is 5.35. The highest BCUT2D eigenvalue weighted by Crippen LogP contribution is 2.26. The monoisotopic (exact) mass is 491 g/mol. The van der Waals surface area contributed by atoms with Crippen molar-refractivity contribution in [2.75, 3.05) is 56.2 Å². The van der Waals surface area contributed by atoms with Gasteiger partial charge < -0.3 is 19.4 Å². The molecule has 3 heterocycles. The Labute approximate surface area is 211 Å². The van der Waals surface area contributed by atoms with Gasteiger partial charge in [0.05, 0.1) is 18.7 Å². The maximum atomic E-state index is 13.3. The molecule has 2 aromatic carbocycles. The van der Waals surface area contributed by atoms with E-state index in [1.54, 1.807) is 7.11 Å². The molecule has 3 aromatic rings. The summed E-state index contributed by atoms with van der Waals surface area (Å²) in [6, 6.07) is 19.7. The average molecular weight is 492 g/mol. The lowest BCUT2D eigenvalue weighted by atomic mass is 9.96. The number of aromatic nitrogens is 2. The SMILES string of the molecule is COc1ccc(-c2ccc(N3CCCC(C(=O)N4CCN(c5ccc(Cl)cc5)CC4)C3)nn2)cc1. The van der Waals surface area contributed by atoms with Crippen LogP contribution < -0.4 is 14.5 Å². The molecule has 0 spiro atoms. The molecule has 8 heteroatoms. The second-order valence-electron chi connectivity index (χ2n) is 9.08. The summed E-state index contributed by atoms with van der Waals surface area (Å²) in [6.07, 6.45) is 1.90. The van der Waals surface area contributed by atoms with Crippen molar-refractivity contribution >= 4 is 29.0 Å². The molecule has 2 saturated heterocycles. The zero-order valence-corrected chi connectivity index (χ0v) is 20.7. The number of halogens is 1. The number of carbonyl (C=O) groups excluding carboxylic acids is 1. The van der Waals surface area contributed by atoms with Gasteiger partial charge in [-0.3, -0.25) is 4.79 Å². The zero-order valence-electron chi connectivity index (χ0n) is 19.9. The standard InChI is InChI=1S/C27H30ClN5O2/c1-35-24-10-4-20(5-11-24)25-12-13-26(30-29-25)33-14-2-3-21(19-33)27(34)32-17-15-31(16-18-32)23-8-6-22(28)7-9-23/h4-13,21H,2-3,14-19H2,1H3. The van der Waals surface area contributed by atoms with Gasteiger partial charge in [0.15, 0.2) is 5.82 Å². The molecule has 5 rings (SSSR count). The molecule has 2 fully saturated rings. The van der Waals surface area contributed by atoms with Crippen LogP contribution in [0, 0.1) is 5.92 Å². The number of hydrogen-bond donors (Lipinski definition) is 0. The summed E-state index contributed by atoms with van der Waals surface area (Å²) in [5.41, 5.74) is 2.97.